The summed E-state index contributed by atoms with van der Waals surface area (Å²) >= 11 is 3.43. The Morgan fingerprint density at radius 1 is 1.69 bits per heavy atom. The molecule has 0 unspecified atom stereocenters. The molecule has 0 aromatic carbocycles. The number of aliphatic hydroxyl groups is 1. The summed E-state index contributed by atoms with van der Waals surface area (Å²) in [5.41, 5.74) is 1.07. The Kier molecular flexibility index (Phi) is 2.40. The lowest BCUT2D eigenvalue weighted by atomic mass is 10.0. The van der Waals surface area contributed by atoms with Crippen LogP contribution < -0.4 is 5.32 Å². The van der Waals surface area contributed by atoms with Crippen molar-refractivity contribution in [3.63, 3.8) is 0 Å². The number of hydrogen-bond donors (Lipinski definition) is 2. The first-order chi connectivity index (χ1) is 6.20. The molecule has 2 heterocycles. The van der Waals surface area contributed by atoms with Gasteiger partial charge >= 0.3 is 0 Å². The number of nitrogens with one attached hydrogen (secondary N) is 1. The molecule has 0 aliphatic carbocycles. The molecule has 0 amide bonds. The Morgan fingerprint density at radius 2 is 2.46 bits per heavy atom. The monoisotopic (exact) mass is 245 g/mol. The third-order valence-electron chi connectivity index (χ3n) is 2.47. The van der Waals surface area contributed by atoms with Gasteiger partial charge in [-0.2, -0.15) is 5.10 Å². The molecule has 0 radical (unpaired) electrons. The van der Waals surface area contributed by atoms with E-state index in [0.29, 0.717) is 6.54 Å². The molecule has 1 aromatic rings. The van der Waals surface area contributed by atoms with Crippen molar-refractivity contribution in [2.24, 2.45) is 7.05 Å². The van der Waals surface area contributed by atoms with Crippen LogP contribution in [0.1, 0.15) is 11.6 Å². The van der Waals surface area contributed by atoms with Gasteiger partial charge in [-0.05, 0) is 15.9 Å². The Bertz CT molecular complexity index is 293. The molecule has 72 valence electrons. The minimum absolute atomic E-state index is 0.155. The van der Waals surface area contributed by atoms with Gasteiger partial charge in [0.1, 0.15) is 0 Å². The summed E-state index contributed by atoms with van der Waals surface area (Å²) in [6.07, 6.45) is 1.46. The van der Waals surface area contributed by atoms with Crippen LogP contribution in [0.25, 0.3) is 0 Å². The van der Waals surface area contributed by atoms with Crippen LogP contribution in [0.3, 0.4) is 0 Å². The predicted octanol–water partition coefficient (Wildman–Crippen LogP) is 0.230. The van der Waals surface area contributed by atoms with Gasteiger partial charge in [0.05, 0.1) is 22.5 Å². The molecule has 1 aliphatic rings. The molecule has 2 N–H and O–H groups in total. The molecule has 0 bridgehead atoms. The number of aromatic nitrogens is 2. The first-order valence-electron chi connectivity index (χ1n) is 4.26. The molecular formula is C8H12BrN3O. The van der Waals surface area contributed by atoms with Crippen molar-refractivity contribution in [3.05, 3.63) is 16.4 Å². The van der Waals surface area contributed by atoms with Gasteiger partial charge in [-0.25, -0.2) is 0 Å². The Morgan fingerprint density at radius 3 is 2.92 bits per heavy atom. The van der Waals surface area contributed by atoms with E-state index in [0.717, 1.165) is 16.7 Å². The normalized spacial score (nSPS) is 28.2. The zero-order valence-electron chi connectivity index (χ0n) is 7.37. The molecule has 1 aromatic heterocycles. The highest BCUT2D eigenvalue weighted by molar-refractivity contribution is 9.10. The summed E-state index contributed by atoms with van der Waals surface area (Å²) in [6, 6.07) is 0. The molecule has 0 spiro atoms. The fraction of sp³-hybridized carbons (Fsp3) is 0.625. The fourth-order valence-electron chi connectivity index (χ4n) is 1.78. The topological polar surface area (TPSA) is 50.1 Å². The fourth-order valence-corrected chi connectivity index (χ4v) is 2.42. The average Bonchev–Trinajstić information content (AvgIpc) is 2.60. The average molecular weight is 246 g/mol. The third-order valence-corrected chi connectivity index (χ3v) is 3.08. The Hall–Kier alpha value is -0.390. The maximum Gasteiger partial charge on any atom is 0.0760 e. The number of nitrogens with zero attached hydrogens (tertiary/aromatic N) is 2. The molecule has 2 atom stereocenters. The number of rotatable bonds is 1. The highest BCUT2D eigenvalue weighted by atomic mass is 79.9. The Balaban J connectivity index is 2.33. The van der Waals surface area contributed by atoms with Gasteiger partial charge in [0.15, 0.2) is 0 Å². The predicted molar refractivity (Wildman–Crippen MR) is 52.5 cm³/mol. The first kappa shape index (κ1) is 9.18. The summed E-state index contributed by atoms with van der Waals surface area (Å²) in [4.78, 5) is 0. The standard InChI is InChI=1S/C8H12BrN3O/c1-12-8(6(9)3-11-12)5-2-10-4-7(5)13/h3,5,7,10,13H,2,4H2,1H3/t5-,7-/m1/s1. The molecule has 1 aliphatic heterocycles. The van der Waals surface area contributed by atoms with Crippen LogP contribution in [0.4, 0.5) is 0 Å². The van der Waals surface area contributed by atoms with Crippen molar-refractivity contribution in [1.82, 2.24) is 15.1 Å². The molecular weight excluding hydrogens is 234 g/mol. The minimum Gasteiger partial charge on any atom is -0.391 e. The van der Waals surface area contributed by atoms with E-state index in [4.69, 9.17) is 0 Å². The van der Waals surface area contributed by atoms with Crippen LogP contribution in [0.5, 0.6) is 0 Å². The summed E-state index contributed by atoms with van der Waals surface area (Å²) in [5, 5.41) is 17.0. The van der Waals surface area contributed by atoms with Crippen LogP contribution in [-0.2, 0) is 7.05 Å². The van der Waals surface area contributed by atoms with Crippen LogP contribution in [0.15, 0.2) is 10.7 Å². The first-order valence-corrected chi connectivity index (χ1v) is 5.05. The lowest BCUT2D eigenvalue weighted by Gasteiger charge is -2.14. The molecule has 4 nitrogen and oxygen atoms in total. The van der Waals surface area contributed by atoms with Crippen molar-refractivity contribution in [2.75, 3.05) is 13.1 Å². The second kappa shape index (κ2) is 3.40. The van der Waals surface area contributed by atoms with Gasteiger partial charge < -0.3 is 10.4 Å². The minimum atomic E-state index is -0.299. The van der Waals surface area contributed by atoms with Crippen molar-refractivity contribution in [1.29, 1.82) is 0 Å². The van der Waals surface area contributed by atoms with Crippen LogP contribution in [0.2, 0.25) is 0 Å². The van der Waals surface area contributed by atoms with Crippen molar-refractivity contribution < 1.29 is 5.11 Å². The highest BCUT2D eigenvalue weighted by Gasteiger charge is 2.30. The van der Waals surface area contributed by atoms with E-state index in [1.807, 2.05) is 11.7 Å². The zero-order chi connectivity index (χ0) is 9.42. The van der Waals surface area contributed by atoms with Crippen molar-refractivity contribution in [2.45, 2.75) is 12.0 Å². The summed E-state index contributed by atoms with van der Waals surface area (Å²) in [7, 11) is 1.89. The van der Waals surface area contributed by atoms with Gasteiger partial charge in [0.2, 0.25) is 0 Å². The maximum atomic E-state index is 9.69. The van der Waals surface area contributed by atoms with E-state index in [1.165, 1.54) is 0 Å². The van der Waals surface area contributed by atoms with E-state index < -0.39 is 0 Å². The number of hydrogen-bond acceptors (Lipinski definition) is 3. The van der Waals surface area contributed by atoms with Crippen molar-refractivity contribution in [3.8, 4) is 0 Å². The van der Waals surface area contributed by atoms with Gasteiger partial charge in [-0.3, -0.25) is 4.68 Å². The summed E-state index contributed by atoms with van der Waals surface area (Å²) < 4.78 is 2.79. The van der Waals surface area contributed by atoms with E-state index in [-0.39, 0.29) is 12.0 Å². The van der Waals surface area contributed by atoms with Crippen LogP contribution >= 0.6 is 15.9 Å². The van der Waals surface area contributed by atoms with Crippen LogP contribution in [-0.4, -0.2) is 34.1 Å². The Labute approximate surface area is 85.1 Å². The molecule has 0 saturated carbocycles. The second-order valence-electron chi connectivity index (χ2n) is 3.33. The maximum absolute atomic E-state index is 9.69. The lowest BCUT2D eigenvalue weighted by Crippen LogP contribution is -2.19. The number of aryl methyl sites for hydroxylation is 1. The third kappa shape index (κ3) is 1.51. The quantitative estimate of drug-likeness (QED) is 0.745. The smallest absolute Gasteiger partial charge is 0.0760 e. The molecule has 5 heteroatoms. The molecule has 1 saturated heterocycles. The lowest BCUT2D eigenvalue weighted by molar-refractivity contribution is 0.174. The van der Waals surface area contributed by atoms with E-state index >= 15 is 0 Å². The van der Waals surface area contributed by atoms with E-state index in [1.54, 1.807) is 6.20 Å². The zero-order valence-corrected chi connectivity index (χ0v) is 8.95. The van der Waals surface area contributed by atoms with E-state index in [2.05, 4.69) is 26.3 Å². The van der Waals surface area contributed by atoms with Gasteiger partial charge in [0.25, 0.3) is 0 Å². The largest absolute Gasteiger partial charge is 0.391 e. The van der Waals surface area contributed by atoms with Gasteiger partial charge in [0, 0.05) is 26.1 Å². The van der Waals surface area contributed by atoms with E-state index in [9.17, 15) is 5.11 Å². The molecule has 1 fully saturated rings. The highest BCUT2D eigenvalue weighted by Crippen LogP contribution is 2.28. The number of β-amino-alcohol motifs (C(OH)–C–C–N with tert-alkyl or cyclic N) is 1. The summed E-state index contributed by atoms with van der Waals surface area (Å²) in [5.74, 6) is 0.155. The van der Waals surface area contributed by atoms with Crippen molar-refractivity contribution >= 4 is 15.9 Å². The van der Waals surface area contributed by atoms with Crippen LogP contribution in [0, 0.1) is 0 Å². The second-order valence-corrected chi connectivity index (χ2v) is 4.19. The van der Waals surface area contributed by atoms with Gasteiger partial charge in [-0.15, -0.1) is 0 Å². The SMILES string of the molecule is Cn1ncc(Br)c1[C@@H]1CNC[C@H]1O. The number of halogens is 1. The molecule has 2 rings (SSSR count). The number of aliphatic hydroxyl groups excluding tert-OH is 1. The van der Waals surface area contributed by atoms with Gasteiger partial charge in [-0.1, -0.05) is 0 Å². The molecule has 13 heavy (non-hydrogen) atoms. The summed E-state index contributed by atoms with van der Waals surface area (Å²) in [6.45, 7) is 1.49.